The minimum atomic E-state index is -0.119. The Bertz CT molecular complexity index is 711. The summed E-state index contributed by atoms with van der Waals surface area (Å²) >= 11 is 0. The molecule has 0 N–H and O–H groups in total. The van der Waals surface area contributed by atoms with E-state index < -0.39 is 0 Å². The van der Waals surface area contributed by atoms with Gasteiger partial charge in [-0.3, -0.25) is 4.79 Å². The maximum Gasteiger partial charge on any atom is 0.306 e. The van der Waals surface area contributed by atoms with Crippen molar-refractivity contribution in [2.45, 2.75) is 91.1 Å². The molecule has 0 radical (unpaired) electrons. The van der Waals surface area contributed by atoms with Gasteiger partial charge < -0.3 is 4.74 Å². The van der Waals surface area contributed by atoms with Crippen LogP contribution < -0.4 is 0 Å². The van der Waals surface area contributed by atoms with Crippen LogP contribution in [-0.4, -0.2) is 22.0 Å². The molecule has 0 spiro atoms. The highest BCUT2D eigenvalue weighted by atomic mass is 16.5. The Hall–Kier alpha value is -2.23. The summed E-state index contributed by atoms with van der Waals surface area (Å²) in [5, 5.41) is 0. The van der Waals surface area contributed by atoms with Crippen molar-refractivity contribution in [3.63, 3.8) is 0 Å². The van der Waals surface area contributed by atoms with E-state index in [2.05, 4.69) is 29.0 Å². The average Bonchev–Trinajstić information content (AvgIpc) is 2.72. The lowest BCUT2D eigenvalue weighted by atomic mass is 10.1. The van der Waals surface area contributed by atoms with Crippen molar-refractivity contribution in [1.29, 1.82) is 0 Å². The Morgan fingerprint density at radius 2 is 1.55 bits per heavy atom. The Morgan fingerprint density at radius 1 is 0.897 bits per heavy atom. The van der Waals surface area contributed by atoms with E-state index in [0.717, 1.165) is 29.8 Å². The van der Waals surface area contributed by atoms with Gasteiger partial charge in [-0.05, 0) is 37.3 Å². The summed E-state index contributed by atoms with van der Waals surface area (Å²) in [4.78, 5) is 20.7. The first kappa shape index (κ1) is 23.1. The van der Waals surface area contributed by atoms with Crippen LogP contribution in [0.3, 0.4) is 0 Å². The van der Waals surface area contributed by atoms with Gasteiger partial charge in [0.2, 0.25) is 0 Å². The van der Waals surface area contributed by atoms with E-state index in [4.69, 9.17) is 4.74 Å². The lowest BCUT2D eigenvalue weighted by Crippen LogP contribution is -2.16. The predicted octanol–water partition coefficient (Wildman–Crippen LogP) is 6.32. The average molecular weight is 397 g/mol. The summed E-state index contributed by atoms with van der Waals surface area (Å²) < 4.78 is 5.42. The van der Waals surface area contributed by atoms with E-state index in [1.807, 2.05) is 38.4 Å². The van der Waals surface area contributed by atoms with Gasteiger partial charge >= 0.3 is 5.97 Å². The molecular formula is C25H36N2O2. The molecule has 1 unspecified atom stereocenters. The summed E-state index contributed by atoms with van der Waals surface area (Å²) in [6.45, 7) is 6.17. The molecule has 4 nitrogen and oxygen atoms in total. The number of unbranched alkanes of at least 4 members (excludes halogenated alkanes) is 5. The van der Waals surface area contributed by atoms with Gasteiger partial charge in [-0.1, -0.05) is 70.2 Å². The molecule has 0 bridgehead atoms. The number of esters is 1. The van der Waals surface area contributed by atoms with Crippen LogP contribution in [0.5, 0.6) is 0 Å². The summed E-state index contributed by atoms with van der Waals surface area (Å²) in [6, 6.07) is 8.21. The number of aromatic nitrogens is 2. The smallest absolute Gasteiger partial charge is 0.306 e. The van der Waals surface area contributed by atoms with Gasteiger partial charge in [0.1, 0.15) is 6.10 Å². The number of carbonyl (C=O) groups is 1. The zero-order chi connectivity index (χ0) is 20.9. The molecule has 1 heterocycles. The van der Waals surface area contributed by atoms with Crippen LogP contribution in [0.4, 0.5) is 0 Å². The number of carbonyl (C=O) groups excluding carboxylic acids is 1. The largest absolute Gasteiger partial charge is 0.462 e. The highest BCUT2D eigenvalue weighted by Crippen LogP contribution is 2.17. The van der Waals surface area contributed by atoms with Gasteiger partial charge in [0.15, 0.2) is 5.82 Å². The van der Waals surface area contributed by atoms with E-state index in [1.54, 1.807) is 0 Å². The van der Waals surface area contributed by atoms with Crippen molar-refractivity contribution in [1.82, 2.24) is 9.97 Å². The quantitative estimate of drug-likeness (QED) is 0.294. The molecule has 0 aliphatic rings. The Labute approximate surface area is 176 Å². The second-order valence-corrected chi connectivity index (χ2v) is 7.88. The summed E-state index contributed by atoms with van der Waals surface area (Å²) in [5.41, 5.74) is 3.37. The summed E-state index contributed by atoms with van der Waals surface area (Å²) in [5.74, 6) is 0.636. The molecule has 0 saturated heterocycles. The van der Waals surface area contributed by atoms with Gasteiger partial charge in [0.05, 0.1) is 0 Å². The van der Waals surface area contributed by atoms with Crippen LogP contribution in [0.25, 0.3) is 11.4 Å². The predicted molar refractivity (Wildman–Crippen MR) is 119 cm³/mol. The summed E-state index contributed by atoms with van der Waals surface area (Å²) in [7, 11) is 0. The maximum atomic E-state index is 11.6. The Balaban J connectivity index is 1.81. The first-order valence-corrected chi connectivity index (χ1v) is 11.2. The van der Waals surface area contributed by atoms with Crippen molar-refractivity contribution >= 4 is 5.97 Å². The second kappa shape index (κ2) is 13.1. The number of benzene rings is 1. The molecule has 2 aromatic rings. The monoisotopic (exact) mass is 396 g/mol. The van der Waals surface area contributed by atoms with Crippen molar-refractivity contribution in [3.8, 4) is 11.4 Å². The fraction of sp³-hybridized carbons (Fsp3) is 0.560. The number of hydrogen-bond donors (Lipinski definition) is 0. The summed E-state index contributed by atoms with van der Waals surface area (Å²) in [6.07, 6.45) is 14.7. The minimum Gasteiger partial charge on any atom is -0.462 e. The molecule has 1 aromatic carbocycles. The number of ether oxygens (including phenoxy) is 1. The molecule has 0 fully saturated rings. The fourth-order valence-electron chi connectivity index (χ4n) is 3.39. The third-order valence-electron chi connectivity index (χ3n) is 5.05. The molecule has 0 aliphatic carbocycles. The normalized spacial score (nSPS) is 12.0. The van der Waals surface area contributed by atoms with Gasteiger partial charge in [0.25, 0.3) is 0 Å². The van der Waals surface area contributed by atoms with Crippen molar-refractivity contribution in [3.05, 3.63) is 47.8 Å². The van der Waals surface area contributed by atoms with E-state index >= 15 is 0 Å². The van der Waals surface area contributed by atoms with E-state index in [-0.39, 0.29) is 12.1 Å². The molecule has 0 aliphatic heterocycles. The lowest BCUT2D eigenvalue weighted by molar-refractivity contribution is -0.148. The highest BCUT2D eigenvalue weighted by molar-refractivity contribution is 5.69. The number of hydrogen-bond acceptors (Lipinski definition) is 4. The van der Waals surface area contributed by atoms with Crippen LogP contribution in [0.15, 0.2) is 36.7 Å². The van der Waals surface area contributed by atoms with Crippen molar-refractivity contribution in [2.24, 2.45) is 0 Å². The Morgan fingerprint density at radius 3 is 2.21 bits per heavy atom. The van der Waals surface area contributed by atoms with Crippen LogP contribution in [0, 0.1) is 0 Å². The van der Waals surface area contributed by atoms with Crippen molar-refractivity contribution < 1.29 is 9.53 Å². The fourth-order valence-corrected chi connectivity index (χ4v) is 3.39. The first-order valence-electron chi connectivity index (χ1n) is 11.2. The van der Waals surface area contributed by atoms with E-state index in [0.29, 0.717) is 12.8 Å². The number of rotatable bonds is 13. The number of nitrogens with zero attached hydrogens (tertiary/aromatic N) is 2. The van der Waals surface area contributed by atoms with Crippen LogP contribution in [0.1, 0.15) is 83.3 Å². The molecule has 29 heavy (non-hydrogen) atoms. The van der Waals surface area contributed by atoms with Crippen molar-refractivity contribution in [2.75, 3.05) is 0 Å². The van der Waals surface area contributed by atoms with Crippen LogP contribution in [-0.2, 0) is 22.4 Å². The number of aryl methyl sites for hydroxylation is 1. The zero-order valence-corrected chi connectivity index (χ0v) is 18.3. The van der Waals surface area contributed by atoms with Crippen LogP contribution >= 0.6 is 0 Å². The molecule has 0 amide bonds. The molecule has 4 heteroatoms. The van der Waals surface area contributed by atoms with E-state index in [1.165, 1.54) is 44.1 Å². The third-order valence-corrected chi connectivity index (χ3v) is 5.05. The third kappa shape index (κ3) is 8.76. The molecular weight excluding hydrogens is 360 g/mol. The SMILES string of the molecule is CCCCCCCCc1cnc(-c2ccc(CC(C)OC(=O)CCC)cc2)nc1. The zero-order valence-electron chi connectivity index (χ0n) is 18.3. The van der Waals surface area contributed by atoms with Gasteiger partial charge in [-0.2, -0.15) is 0 Å². The lowest BCUT2D eigenvalue weighted by Gasteiger charge is -2.13. The minimum absolute atomic E-state index is 0.114. The molecule has 2 rings (SSSR count). The van der Waals surface area contributed by atoms with Gasteiger partial charge in [-0.15, -0.1) is 0 Å². The Kier molecular flexibility index (Phi) is 10.4. The molecule has 1 aromatic heterocycles. The van der Waals surface area contributed by atoms with Gasteiger partial charge in [-0.25, -0.2) is 9.97 Å². The topological polar surface area (TPSA) is 52.1 Å². The standard InChI is InChI=1S/C25H36N2O2/c1-4-6-7-8-9-10-12-22-18-26-25(27-19-22)23-15-13-21(14-16-23)17-20(3)29-24(28)11-5-2/h13-16,18-20H,4-12,17H2,1-3H3. The van der Waals surface area contributed by atoms with Gasteiger partial charge in [0, 0.05) is 30.8 Å². The van der Waals surface area contributed by atoms with Crippen LogP contribution in [0.2, 0.25) is 0 Å². The molecule has 0 saturated carbocycles. The van der Waals surface area contributed by atoms with E-state index in [9.17, 15) is 4.79 Å². The second-order valence-electron chi connectivity index (χ2n) is 7.88. The molecule has 158 valence electrons. The highest BCUT2D eigenvalue weighted by Gasteiger charge is 2.10. The first-order chi connectivity index (χ1) is 14.1. The molecule has 1 atom stereocenters. The maximum absolute atomic E-state index is 11.6.